The molecule has 0 fully saturated rings. The lowest BCUT2D eigenvalue weighted by Gasteiger charge is -2.11. The first-order valence-electron chi connectivity index (χ1n) is 7.54. The van der Waals surface area contributed by atoms with Crippen molar-refractivity contribution in [3.63, 3.8) is 0 Å². The zero-order valence-electron chi connectivity index (χ0n) is 13.7. The normalized spacial score (nSPS) is 10.3. The number of benzene rings is 2. The topological polar surface area (TPSA) is 76.1 Å². The number of carbonyl (C=O) groups is 1. The van der Waals surface area contributed by atoms with Crippen LogP contribution in [0, 0.1) is 0 Å². The largest absolute Gasteiger partial charge is 0.495 e. The van der Waals surface area contributed by atoms with Crippen LogP contribution in [0.5, 0.6) is 5.75 Å². The number of ether oxygens (including phenoxy) is 1. The number of para-hydroxylation sites is 2. The van der Waals surface area contributed by atoms with Gasteiger partial charge in [0.2, 0.25) is 0 Å². The second kappa shape index (κ2) is 8.03. The molecule has 0 radical (unpaired) electrons. The van der Waals surface area contributed by atoms with Gasteiger partial charge in [-0.25, -0.2) is 9.97 Å². The SMILES string of the molecule is COc1ccccc1Nc1cc(C(=O)Nc2cc(Cl)cc(Cl)c2)ncn1. The zero-order valence-corrected chi connectivity index (χ0v) is 15.2. The van der Waals surface area contributed by atoms with Gasteiger partial charge in [0.1, 0.15) is 23.6 Å². The minimum atomic E-state index is -0.409. The molecule has 1 aromatic heterocycles. The van der Waals surface area contributed by atoms with Crippen LogP contribution in [0.3, 0.4) is 0 Å². The van der Waals surface area contributed by atoms with Gasteiger partial charge in [0.05, 0.1) is 12.8 Å². The van der Waals surface area contributed by atoms with Crippen molar-refractivity contribution < 1.29 is 9.53 Å². The summed E-state index contributed by atoms with van der Waals surface area (Å²) in [5.41, 5.74) is 1.39. The van der Waals surface area contributed by atoms with Gasteiger partial charge in [0.15, 0.2) is 0 Å². The highest BCUT2D eigenvalue weighted by Gasteiger charge is 2.11. The number of halogens is 2. The summed E-state index contributed by atoms with van der Waals surface area (Å²) in [5.74, 6) is 0.707. The Morgan fingerprint density at radius 2 is 1.77 bits per heavy atom. The first kappa shape index (κ1) is 18.0. The van der Waals surface area contributed by atoms with Gasteiger partial charge in [-0.05, 0) is 30.3 Å². The van der Waals surface area contributed by atoms with Crippen molar-refractivity contribution in [1.29, 1.82) is 0 Å². The molecule has 2 aromatic carbocycles. The molecule has 2 N–H and O–H groups in total. The Morgan fingerprint density at radius 3 is 2.50 bits per heavy atom. The average molecular weight is 389 g/mol. The van der Waals surface area contributed by atoms with Gasteiger partial charge in [0, 0.05) is 21.8 Å². The quantitative estimate of drug-likeness (QED) is 0.656. The maximum absolute atomic E-state index is 12.4. The molecule has 8 heteroatoms. The van der Waals surface area contributed by atoms with Gasteiger partial charge < -0.3 is 15.4 Å². The van der Waals surface area contributed by atoms with Gasteiger partial charge in [-0.15, -0.1) is 0 Å². The molecule has 26 heavy (non-hydrogen) atoms. The summed E-state index contributed by atoms with van der Waals surface area (Å²) in [7, 11) is 1.58. The lowest BCUT2D eigenvalue weighted by molar-refractivity contribution is 0.102. The molecule has 6 nitrogen and oxygen atoms in total. The van der Waals surface area contributed by atoms with Crippen LogP contribution in [0.15, 0.2) is 54.9 Å². The van der Waals surface area contributed by atoms with E-state index in [9.17, 15) is 4.79 Å². The molecule has 0 saturated carbocycles. The van der Waals surface area contributed by atoms with Gasteiger partial charge in [-0.3, -0.25) is 4.79 Å². The number of methoxy groups -OCH3 is 1. The van der Waals surface area contributed by atoms with Crippen LogP contribution in [0.1, 0.15) is 10.5 Å². The van der Waals surface area contributed by atoms with E-state index < -0.39 is 5.91 Å². The summed E-state index contributed by atoms with van der Waals surface area (Å²) < 4.78 is 5.29. The standard InChI is InChI=1S/C18H14Cl2N4O2/c1-26-16-5-3-2-4-14(16)24-17-9-15(21-10-22-17)18(25)23-13-7-11(19)6-12(20)8-13/h2-10H,1H3,(H,23,25)(H,21,22,24). The molecule has 0 atom stereocenters. The lowest BCUT2D eigenvalue weighted by atomic mass is 10.2. The summed E-state index contributed by atoms with van der Waals surface area (Å²) in [4.78, 5) is 20.6. The van der Waals surface area contributed by atoms with Crippen LogP contribution in [-0.4, -0.2) is 23.0 Å². The predicted molar refractivity (Wildman–Crippen MR) is 103 cm³/mol. The van der Waals surface area contributed by atoms with E-state index in [2.05, 4.69) is 20.6 Å². The Bertz CT molecular complexity index is 930. The third kappa shape index (κ3) is 4.41. The highest BCUT2D eigenvalue weighted by atomic mass is 35.5. The van der Waals surface area contributed by atoms with Crippen LogP contribution in [0.25, 0.3) is 0 Å². The summed E-state index contributed by atoms with van der Waals surface area (Å²) in [6.07, 6.45) is 1.30. The highest BCUT2D eigenvalue weighted by Crippen LogP contribution is 2.26. The maximum atomic E-state index is 12.4. The van der Waals surface area contributed by atoms with E-state index >= 15 is 0 Å². The molecule has 0 aliphatic carbocycles. The summed E-state index contributed by atoms with van der Waals surface area (Å²) in [6, 6.07) is 13.7. The Kier molecular flexibility index (Phi) is 5.55. The summed E-state index contributed by atoms with van der Waals surface area (Å²) in [6.45, 7) is 0. The number of nitrogens with zero attached hydrogens (tertiary/aromatic N) is 2. The summed E-state index contributed by atoms with van der Waals surface area (Å²) in [5, 5.41) is 6.66. The van der Waals surface area contributed by atoms with Gasteiger partial charge in [0.25, 0.3) is 5.91 Å². The molecule has 1 heterocycles. The fraction of sp³-hybridized carbons (Fsp3) is 0.0556. The number of carbonyl (C=O) groups excluding carboxylic acids is 1. The molecule has 0 bridgehead atoms. The summed E-state index contributed by atoms with van der Waals surface area (Å²) >= 11 is 11.9. The zero-order chi connectivity index (χ0) is 18.5. The van der Waals surface area contributed by atoms with Crippen molar-refractivity contribution in [3.8, 4) is 5.75 Å². The molecule has 0 unspecified atom stereocenters. The van der Waals surface area contributed by atoms with E-state index in [0.29, 0.717) is 27.3 Å². The van der Waals surface area contributed by atoms with Crippen molar-refractivity contribution in [2.45, 2.75) is 0 Å². The monoisotopic (exact) mass is 388 g/mol. The molecule has 0 aliphatic rings. The second-order valence-electron chi connectivity index (χ2n) is 5.23. The molecular formula is C18H14Cl2N4O2. The molecule has 1 amide bonds. The van der Waals surface area contributed by atoms with Crippen molar-refractivity contribution in [2.24, 2.45) is 0 Å². The maximum Gasteiger partial charge on any atom is 0.274 e. The molecule has 3 rings (SSSR count). The number of hydrogen-bond acceptors (Lipinski definition) is 5. The third-order valence-corrected chi connectivity index (χ3v) is 3.83. The van der Waals surface area contributed by atoms with Crippen LogP contribution >= 0.6 is 23.2 Å². The van der Waals surface area contributed by atoms with Gasteiger partial charge in [-0.2, -0.15) is 0 Å². The van der Waals surface area contributed by atoms with Crippen LogP contribution in [-0.2, 0) is 0 Å². The number of hydrogen-bond donors (Lipinski definition) is 2. The van der Waals surface area contributed by atoms with Crippen LogP contribution in [0.2, 0.25) is 10.0 Å². The minimum absolute atomic E-state index is 0.188. The number of rotatable bonds is 5. The molecule has 132 valence electrons. The Labute approximate surface area is 160 Å². The second-order valence-corrected chi connectivity index (χ2v) is 6.10. The lowest BCUT2D eigenvalue weighted by Crippen LogP contribution is -2.14. The van der Waals surface area contributed by atoms with E-state index in [1.165, 1.54) is 12.4 Å². The van der Waals surface area contributed by atoms with Crippen molar-refractivity contribution >= 4 is 46.3 Å². The fourth-order valence-electron chi connectivity index (χ4n) is 2.26. The number of amides is 1. The average Bonchev–Trinajstić information content (AvgIpc) is 2.61. The highest BCUT2D eigenvalue weighted by molar-refractivity contribution is 6.35. The number of aromatic nitrogens is 2. The van der Waals surface area contributed by atoms with Crippen molar-refractivity contribution in [2.75, 3.05) is 17.7 Å². The van der Waals surface area contributed by atoms with Crippen LogP contribution < -0.4 is 15.4 Å². The van der Waals surface area contributed by atoms with Crippen molar-refractivity contribution in [1.82, 2.24) is 9.97 Å². The third-order valence-electron chi connectivity index (χ3n) is 3.39. The fourth-order valence-corrected chi connectivity index (χ4v) is 2.78. The molecule has 0 spiro atoms. The van der Waals surface area contributed by atoms with E-state index in [0.717, 1.165) is 5.69 Å². The molecule has 3 aromatic rings. The minimum Gasteiger partial charge on any atom is -0.495 e. The van der Waals surface area contributed by atoms with E-state index in [-0.39, 0.29) is 5.69 Å². The number of nitrogens with one attached hydrogen (secondary N) is 2. The Morgan fingerprint density at radius 1 is 1.04 bits per heavy atom. The first-order valence-corrected chi connectivity index (χ1v) is 8.30. The van der Waals surface area contributed by atoms with Gasteiger partial charge >= 0.3 is 0 Å². The smallest absolute Gasteiger partial charge is 0.274 e. The van der Waals surface area contributed by atoms with Gasteiger partial charge in [-0.1, -0.05) is 35.3 Å². The van der Waals surface area contributed by atoms with E-state index in [4.69, 9.17) is 27.9 Å². The Hall–Kier alpha value is -2.83. The van der Waals surface area contributed by atoms with E-state index in [1.54, 1.807) is 25.3 Å². The molecular weight excluding hydrogens is 375 g/mol. The Balaban J connectivity index is 1.79. The number of anilines is 3. The van der Waals surface area contributed by atoms with E-state index in [1.807, 2.05) is 24.3 Å². The van der Waals surface area contributed by atoms with Crippen molar-refractivity contribution in [3.05, 3.63) is 70.6 Å². The van der Waals surface area contributed by atoms with Crippen LogP contribution in [0.4, 0.5) is 17.2 Å². The molecule has 0 aliphatic heterocycles. The predicted octanol–water partition coefficient (Wildman–Crippen LogP) is 4.79. The molecule has 0 saturated heterocycles. The first-order chi connectivity index (χ1) is 12.5.